The molecule has 1 aliphatic rings. The largest absolute Gasteiger partial charge is 0.473 e. The van der Waals surface area contributed by atoms with Crippen molar-refractivity contribution in [2.24, 2.45) is 4.99 Å². The first-order chi connectivity index (χ1) is 10.6. The summed E-state index contributed by atoms with van der Waals surface area (Å²) < 4.78 is 5.96. The Morgan fingerprint density at radius 3 is 2.82 bits per heavy atom. The molecule has 5 nitrogen and oxygen atoms in total. The SMILES string of the molecule is CCN(C)/C=N/c1cc(C#N)c(OC2CCCCC2)nc1C. The Hall–Kier alpha value is -2.09. The van der Waals surface area contributed by atoms with Gasteiger partial charge in [-0.1, -0.05) is 6.42 Å². The fourth-order valence-corrected chi connectivity index (χ4v) is 2.46. The molecule has 22 heavy (non-hydrogen) atoms. The van der Waals surface area contributed by atoms with E-state index in [9.17, 15) is 5.26 Å². The Balaban J connectivity index is 2.19. The van der Waals surface area contributed by atoms with Crippen molar-refractivity contribution in [1.82, 2.24) is 9.88 Å². The van der Waals surface area contributed by atoms with Crippen LogP contribution in [0.4, 0.5) is 5.69 Å². The van der Waals surface area contributed by atoms with Gasteiger partial charge in [0.1, 0.15) is 17.7 Å². The van der Waals surface area contributed by atoms with E-state index in [1.54, 1.807) is 12.4 Å². The molecule has 0 amide bonds. The van der Waals surface area contributed by atoms with Crippen molar-refractivity contribution in [3.8, 4) is 11.9 Å². The highest BCUT2D eigenvalue weighted by Crippen LogP contribution is 2.28. The predicted octanol–water partition coefficient (Wildman–Crippen LogP) is 3.58. The molecule has 1 fully saturated rings. The second-order valence-corrected chi connectivity index (χ2v) is 5.75. The Morgan fingerprint density at radius 2 is 2.18 bits per heavy atom. The lowest BCUT2D eigenvalue weighted by Gasteiger charge is -2.23. The third-order valence-corrected chi connectivity index (χ3v) is 4.00. The highest BCUT2D eigenvalue weighted by atomic mass is 16.5. The molecule has 0 saturated heterocycles. The van der Waals surface area contributed by atoms with Gasteiger partial charge in [0.15, 0.2) is 0 Å². The van der Waals surface area contributed by atoms with Gasteiger partial charge in [0.05, 0.1) is 17.7 Å². The smallest absolute Gasteiger partial charge is 0.232 e. The van der Waals surface area contributed by atoms with Crippen molar-refractivity contribution in [2.45, 2.75) is 52.1 Å². The molecule has 1 aromatic rings. The van der Waals surface area contributed by atoms with Gasteiger partial charge >= 0.3 is 0 Å². The van der Waals surface area contributed by atoms with Crippen LogP contribution in [-0.2, 0) is 0 Å². The summed E-state index contributed by atoms with van der Waals surface area (Å²) in [6.45, 7) is 4.83. The molecule has 0 bridgehead atoms. The van der Waals surface area contributed by atoms with Crippen molar-refractivity contribution in [3.63, 3.8) is 0 Å². The van der Waals surface area contributed by atoms with E-state index in [0.29, 0.717) is 17.1 Å². The monoisotopic (exact) mass is 300 g/mol. The van der Waals surface area contributed by atoms with Crippen molar-refractivity contribution >= 4 is 12.0 Å². The molecule has 1 aromatic heterocycles. The molecule has 2 rings (SSSR count). The highest BCUT2D eigenvalue weighted by molar-refractivity contribution is 5.63. The van der Waals surface area contributed by atoms with Gasteiger partial charge in [-0.2, -0.15) is 5.26 Å². The first-order valence-corrected chi connectivity index (χ1v) is 7.97. The zero-order valence-corrected chi connectivity index (χ0v) is 13.7. The van der Waals surface area contributed by atoms with Gasteiger partial charge in [0, 0.05) is 13.6 Å². The minimum atomic E-state index is 0.188. The highest BCUT2D eigenvalue weighted by Gasteiger charge is 2.18. The maximum Gasteiger partial charge on any atom is 0.232 e. The normalized spacial score (nSPS) is 15.7. The first-order valence-electron chi connectivity index (χ1n) is 7.97. The van der Waals surface area contributed by atoms with E-state index < -0.39 is 0 Å². The first kappa shape index (κ1) is 16.3. The van der Waals surface area contributed by atoms with E-state index in [0.717, 1.165) is 25.1 Å². The summed E-state index contributed by atoms with van der Waals surface area (Å²) in [6.07, 6.45) is 7.70. The zero-order chi connectivity index (χ0) is 15.9. The third kappa shape index (κ3) is 4.20. The van der Waals surface area contributed by atoms with Crippen molar-refractivity contribution in [2.75, 3.05) is 13.6 Å². The lowest BCUT2D eigenvalue weighted by atomic mass is 9.98. The molecule has 0 unspecified atom stereocenters. The summed E-state index contributed by atoms with van der Waals surface area (Å²) in [5.41, 5.74) is 1.96. The van der Waals surface area contributed by atoms with Gasteiger partial charge in [-0.15, -0.1) is 0 Å². The number of aromatic nitrogens is 1. The molecule has 0 N–H and O–H groups in total. The standard InChI is InChI=1S/C17H24N4O/c1-4-21(3)12-19-16-10-14(11-18)17(20-13(16)2)22-15-8-6-5-7-9-15/h10,12,15H,4-9H2,1-3H3/b19-12+. The number of hydrogen-bond acceptors (Lipinski definition) is 4. The number of aliphatic imine (C=N–C) groups is 1. The van der Waals surface area contributed by atoms with Gasteiger partial charge in [0.25, 0.3) is 0 Å². The van der Waals surface area contributed by atoms with Crippen LogP contribution in [0.5, 0.6) is 5.88 Å². The average molecular weight is 300 g/mol. The lowest BCUT2D eigenvalue weighted by Crippen LogP contribution is -2.20. The molecule has 5 heteroatoms. The Labute approximate surface area is 132 Å². The molecular formula is C17H24N4O. The molecule has 0 aromatic carbocycles. The zero-order valence-electron chi connectivity index (χ0n) is 13.7. The van der Waals surface area contributed by atoms with Gasteiger partial charge < -0.3 is 9.64 Å². The van der Waals surface area contributed by atoms with Crippen LogP contribution in [0.3, 0.4) is 0 Å². The van der Waals surface area contributed by atoms with Crippen molar-refractivity contribution in [3.05, 3.63) is 17.3 Å². The number of ether oxygens (including phenoxy) is 1. The van der Waals surface area contributed by atoms with Crippen LogP contribution in [-0.4, -0.2) is 35.9 Å². The van der Waals surface area contributed by atoms with Crippen LogP contribution < -0.4 is 4.74 Å². The summed E-state index contributed by atoms with van der Waals surface area (Å²) in [7, 11) is 1.96. The molecule has 118 valence electrons. The molecule has 0 spiro atoms. The molecule has 1 heterocycles. The summed E-state index contributed by atoms with van der Waals surface area (Å²) >= 11 is 0. The van der Waals surface area contributed by atoms with Crippen LogP contribution in [0.2, 0.25) is 0 Å². The minimum absolute atomic E-state index is 0.188. The van der Waals surface area contributed by atoms with E-state index in [1.807, 2.05) is 18.9 Å². The average Bonchev–Trinajstić information content (AvgIpc) is 2.54. The maximum absolute atomic E-state index is 9.35. The molecule has 1 aliphatic carbocycles. The molecule has 0 aliphatic heterocycles. The summed E-state index contributed by atoms with van der Waals surface area (Å²) in [4.78, 5) is 10.8. The maximum atomic E-state index is 9.35. The fourth-order valence-electron chi connectivity index (χ4n) is 2.46. The van der Waals surface area contributed by atoms with Gasteiger partial charge in [-0.25, -0.2) is 9.98 Å². The van der Waals surface area contributed by atoms with Crippen LogP contribution >= 0.6 is 0 Å². The van der Waals surface area contributed by atoms with Crippen LogP contribution in [0.25, 0.3) is 0 Å². The van der Waals surface area contributed by atoms with Gasteiger partial charge in [0.2, 0.25) is 5.88 Å². The number of nitriles is 1. The van der Waals surface area contributed by atoms with E-state index in [4.69, 9.17) is 4.74 Å². The number of aryl methyl sites for hydroxylation is 1. The fraction of sp³-hybridized carbons (Fsp3) is 0.588. The Morgan fingerprint density at radius 1 is 1.45 bits per heavy atom. The summed E-state index contributed by atoms with van der Waals surface area (Å²) in [5, 5.41) is 9.35. The number of rotatable bonds is 5. The summed E-state index contributed by atoms with van der Waals surface area (Å²) in [5.74, 6) is 0.453. The van der Waals surface area contributed by atoms with Gasteiger partial charge in [-0.05, 0) is 45.6 Å². The van der Waals surface area contributed by atoms with E-state index >= 15 is 0 Å². The molecule has 1 saturated carbocycles. The second kappa shape index (κ2) is 7.79. The van der Waals surface area contributed by atoms with E-state index in [-0.39, 0.29) is 6.10 Å². The van der Waals surface area contributed by atoms with Crippen LogP contribution in [0.15, 0.2) is 11.1 Å². The van der Waals surface area contributed by atoms with Gasteiger partial charge in [-0.3, -0.25) is 0 Å². The number of nitrogens with zero attached hydrogens (tertiary/aromatic N) is 4. The molecule has 0 radical (unpaired) electrons. The number of hydrogen-bond donors (Lipinski definition) is 0. The van der Waals surface area contributed by atoms with Crippen LogP contribution in [0.1, 0.15) is 50.3 Å². The minimum Gasteiger partial charge on any atom is -0.473 e. The quantitative estimate of drug-likeness (QED) is 0.616. The predicted molar refractivity (Wildman–Crippen MR) is 87.6 cm³/mol. The Bertz CT molecular complexity index is 571. The number of pyridine rings is 1. The van der Waals surface area contributed by atoms with Crippen LogP contribution in [0, 0.1) is 18.3 Å². The topological polar surface area (TPSA) is 61.5 Å². The summed E-state index contributed by atoms with van der Waals surface area (Å²) in [6, 6.07) is 3.94. The molecular weight excluding hydrogens is 276 g/mol. The van der Waals surface area contributed by atoms with E-state index in [1.165, 1.54) is 19.3 Å². The van der Waals surface area contributed by atoms with Crippen molar-refractivity contribution in [1.29, 1.82) is 5.26 Å². The Kier molecular flexibility index (Phi) is 5.76. The lowest BCUT2D eigenvalue weighted by molar-refractivity contribution is 0.148. The third-order valence-electron chi connectivity index (χ3n) is 4.00. The van der Waals surface area contributed by atoms with Crippen molar-refractivity contribution < 1.29 is 4.74 Å². The van der Waals surface area contributed by atoms with E-state index in [2.05, 4.69) is 23.0 Å². The second-order valence-electron chi connectivity index (χ2n) is 5.75. The molecule has 0 atom stereocenters.